The van der Waals surface area contributed by atoms with E-state index in [0.717, 1.165) is 17.1 Å². The number of hydrogen-bond donors (Lipinski definition) is 0. The first-order chi connectivity index (χ1) is 7.18. The molecule has 0 aliphatic rings. The summed E-state index contributed by atoms with van der Waals surface area (Å²) in [6, 6.07) is 5.70. The van der Waals surface area contributed by atoms with Crippen molar-refractivity contribution >= 4 is 0 Å². The highest BCUT2D eigenvalue weighted by Gasteiger charge is 2.14. The van der Waals surface area contributed by atoms with E-state index in [1.807, 2.05) is 25.1 Å². The van der Waals surface area contributed by atoms with Gasteiger partial charge in [-0.05, 0) is 19.1 Å². The molecule has 0 aromatic carbocycles. The lowest BCUT2D eigenvalue weighted by Gasteiger charge is -1.98. The number of rotatable bonds is 2. The van der Waals surface area contributed by atoms with Gasteiger partial charge in [-0.15, -0.1) is 0 Å². The Kier molecular flexibility index (Phi) is 2.54. The van der Waals surface area contributed by atoms with Crippen molar-refractivity contribution in [3.63, 3.8) is 0 Å². The van der Waals surface area contributed by atoms with Crippen molar-refractivity contribution in [1.82, 2.24) is 9.97 Å². The van der Waals surface area contributed by atoms with Crippen LogP contribution in [-0.2, 0) is 0 Å². The van der Waals surface area contributed by atoms with Crippen molar-refractivity contribution in [3.05, 3.63) is 35.9 Å². The smallest absolute Gasteiger partial charge is 0.245 e. The van der Waals surface area contributed by atoms with Crippen LogP contribution < -0.4 is 0 Å². The van der Waals surface area contributed by atoms with Crippen LogP contribution in [0.4, 0.5) is 0 Å². The normalized spacial score (nSPS) is 10.9. The zero-order chi connectivity index (χ0) is 10.8. The van der Waals surface area contributed by atoms with Gasteiger partial charge in [-0.1, -0.05) is 19.9 Å². The number of hydrogen-bond acceptors (Lipinski definition) is 3. The predicted octanol–water partition coefficient (Wildman–Crippen LogP) is 3.17. The first-order valence-corrected chi connectivity index (χ1v) is 5.07. The lowest BCUT2D eigenvalue weighted by Crippen LogP contribution is -1.86. The quantitative estimate of drug-likeness (QED) is 0.750. The highest BCUT2D eigenvalue weighted by molar-refractivity contribution is 5.47. The monoisotopic (exact) mass is 202 g/mol. The molecule has 0 saturated heterocycles. The molecule has 0 unspecified atom stereocenters. The molecule has 0 atom stereocenters. The summed E-state index contributed by atoms with van der Waals surface area (Å²) in [5, 5.41) is 0. The second kappa shape index (κ2) is 3.85. The molecule has 2 heterocycles. The third kappa shape index (κ3) is 1.91. The lowest BCUT2D eigenvalue weighted by atomic mass is 10.1. The number of aromatic nitrogens is 2. The van der Waals surface area contributed by atoms with E-state index in [1.165, 1.54) is 0 Å². The Bertz CT molecular complexity index is 446. The summed E-state index contributed by atoms with van der Waals surface area (Å²) in [6.07, 6.45) is 1.74. The van der Waals surface area contributed by atoms with Gasteiger partial charge < -0.3 is 4.42 Å². The molecule has 0 saturated carbocycles. The van der Waals surface area contributed by atoms with Gasteiger partial charge in [0.1, 0.15) is 11.5 Å². The maximum Gasteiger partial charge on any atom is 0.245 e. The predicted molar refractivity (Wildman–Crippen MR) is 58.6 cm³/mol. The van der Waals surface area contributed by atoms with E-state index < -0.39 is 0 Å². The van der Waals surface area contributed by atoms with Crippen LogP contribution in [0.1, 0.15) is 31.2 Å². The van der Waals surface area contributed by atoms with E-state index in [9.17, 15) is 0 Å². The van der Waals surface area contributed by atoms with Crippen LogP contribution in [0.5, 0.6) is 0 Å². The molecular weight excluding hydrogens is 188 g/mol. The van der Waals surface area contributed by atoms with Crippen LogP contribution in [0.25, 0.3) is 11.6 Å². The molecule has 0 radical (unpaired) electrons. The molecule has 15 heavy (non-hydrogen) atoms. The molecule has 2 aromatic rings. The molecule has 2 aromatic heterocycles. The largest absolute Gasteiger partial charge is 0.439 e. The molecular formula is C12H14N2O. The second-order valence-electron chi connectivity index (χ2n) is 3.84. The Morgan fingerprint density at radius 2 is 2.07 bits per heavy atom. The average molecular weight is 202 g/mol. The van der Waals surface area contributed by atoms with Crippen LogP contribution >= 0.6 is 0 Å². The summed E-state index contributed by atoms with van der Waals surface area (Å²) in [5.74, 6) is 1.91. The Morgan fingerprint density at radius 3 is 2.60 bits per heavy atom. The molecule has 78 valence electrons. The first kappa shape index (κ1) is 9.90. The van der Waals surface area contributed by atoms with Crippen molar-refractivity contribution in [2.24, 2.45) is 0 Å². The summed E-state index contributed by atoms with van der Waals surface area (Å²) in [5.41, 5.74) is 1.73. The Morgan fingerprint density at radius 1 is 1.27 bits per heavy atom. The van der Waals surface area contributed by atoms with Gasteiger partial charge in [0.2, 0.25) is 5.89 Å². The molecule has 0 aliphatic heterocycles. The van der Waals surface area contributed by atoms with Crippen LogP contribution in [0.2, 0.25) is 0 Å². The van der Waals surface area contributed by atoms with Crippen molar-refractivity contribution in [1.29, 1.82) is 0 Å². The van der Waals surface area contributed by atoms with Crippen LogP contribution in [-0.4, -0.2) is 9.97 Å². The molecule has 0 spiro atoms. The maximum absolute atomic E-state index is 5.69. The first-order valence-electron chi connectivity index (χ1n) is 5.07. The third-order valence-electron chi connectivity index (χ3n) is 2.24. The SMILES string of the molecule is Cc1nc(-c2ccccn2)oc1C(C)C. The fraction of sp³-hybridized carbons (Fsp3) is 0.333. The van der Waals surface area contributed by atoms with Gasteiger partial charge in [-0.25, -0.2) is 4.98 Å². The number of aryl methyl sites for hydroxylation is 1. The molecule has 0 bridgehead atoms. The molecule has 0 aliphatic carbocycles. The minimum Gasteiger partial charge on any atom is -0.439 e. The van der Waals surface area contributed by atoms with Gasteiger partial charge in [-0.2, -0.15) is 0 Å². The van der Waals surface area contributed by atoms with E-state index in [1.54, 1.807) is 6.20 Å². The van der Waals surface area contributed by atoms with Crippen molar-refractivity contribution in [3.8, 4) is 11.6 Å². The van der Waals surface area contributed by atoms with Gasteiger partial charge in [0, 0.05) is 12.1 Å². The van der Waals surface area contributed by atoms with Crippen molar-refractivity contribution < 1.29 is 4.42 Å². The number of nitrogens with zero attached hydrogens (tertiary/aromatic N) is 2. The maximum atomic E-state index is 5.69. The summed E-state index contributed by atoms with van der Waals surface area (Å²) in [6.45, 7) is 6.15. The number of oxazole rings is 1. The Hall–Kier alpha value is -1.64. The second-order valence-corrected chi connectivity index (χ2v) is 3.84. The topological polar surface area (TPSA) is 38.9 Å². The van der Waals surface area contributed by atoms with E-state index >= 15 is 0 Å². The average Bonchev–Trinajstić information content (AvgIpc) is 2.62. The molecule has 0 fully saturated rings. The summed E-state index contributed by atoms with van der Waals surface area (Å²) >= 11 is 0. The van der Waals surface area contributed by atoms with E-state index in [4.69, 9.17) is 4.42 Å². The Balaban J connectivity index is 2.43. The van der Waals surface area contributed by atoms with Crippen LogP contribution in [0, 0.1) is 6.92 Å². The summed E-state index contributed by atoms with van der Waals surface area (Å²) in [4.78, 5) is 8.58. The van der Waals surface area contributed by atoms with Crippen molar-refractivity contribution in [2.45, 2.75) is 26.7 Å². The van der Waals surface area contributed by atoms with E-state index in [0.29, 0.717) is 11.8 Å². The molecule has 0 N–H and O–H groups in total. The highest BCUT2D eigenvalue weighted by atomic mass is 16.4. The lowest BCUT2D eigenvalue weighted by molar-refractivity contribution is 0.491. The van der Waals surface area contributed by atoms with E-state index in [2.05, 4.69) is 23.8 Å². The molecule has 3 heteroatoms. The van der Waals surface area contributed by atoms with E-state index in [-0.39, 0.29) is 0 Å². The summed E-state index contributed by atoms with van der Waals surface area (Å²) < 4.78 is 5.69. The van der Waals surface area contributed by atoms with Gasteiger partial charge in [0.25, 0.3) is 0 Å². The Labute approximate surface area is 89.2 Å². The molecule has 2 rings (SSSR count). The van der Waals surface area contributed by atoms with Crippen LogP contribution in [0.3, 0.4) is 0 Å². The fourth-order valence-corrected chi connectivity index (χ4v) is 1.54. The highest BCUT2D eigenvalue weighted by Crippen LogP contribution is 2.24. The van der Waals surface area contributed by atoms with Gasteiger partial charge >= 0.3 is 0 Å². The standard InChI is InChI=1S/C12H14N2O/c1-8(2)11-9(3)14-12(15-11)10-6-4-5-7-13-10/h4-8H,1-3H3. The van der Waals surface area contributed by atoms with Crippen molar-refractivity contribution in [2.75, 3.05) is 0 Å². The summed E-state index contributed by atoms with van der Waals surface area (Å²) in [7, 11) is 0. The third-order valence-corrected chi connectivity index (χ3v) is 2.24. The van der Waals surface area contributed by atoms with Gasteiger partial charge in [0.15, 0.2) is 0 Å². The fourth-order valence-electron chi connectivity index (χ4n) is 1.54. The van der Waals surface area contributed by atoms with Gasteiger partial charge in [-0.3, -0.25) is 4.98 Å². The number of pyridine rings is 1. The molecule has 0 amide bonds. The van der Waals surface area contributed by atoms with Gasteiger partial charge in [0.05, 0.1) is 5.69 Å². The zero-order valence-electron chi connectivity index (χ0n) is 9.19. The minimum atomic E-state index is 0.356. The minimum absolute atomic E-state index is 0.356. The zero-order valence-corrected chi connectivity index (χ0v) is 9.19. The molecule has 3 nitrogen and oxygen atoms in total. The van der Waals surface area contributed by atoms with Crippen LogP contribution in [0.15, 0.2) is 28.8 Å².